The van der Waals surface area contributed by atoms with Crippen molar-refractivity contribution < 1.29 is 13.2 Å². The van der Waals surface area contributed by atoms with Crippen LogP contribution in [0.5, 0.6) is 0 Å². The fourth-order valence-corrected chi connectivity index (χ4v) is 4.25. The molecule has 0 atom stereocenters. The summed E-state index contributed by atoms with van der Waals surface area (Å²) in [5, 5.41) is 9.13. The average Bonchev–Trinajstić information content (AvgIpc) is 2.97. The van der Waals surface area contributed by atoms with Crippen molar-refractivity contribution in [3.05, 3.63) is 59.7 Å². The Morgan fingerprint density at radius 2 is 1.70 bits per heavy atom. The lowest BCUT2D eigenvalue weighted by molar-refractivity contribution is 0.0761. The van der Waals surface area contributed by atoms with E-state index in [1.54, 1.807) is 29.2 Å². The molecule has 1 aliphatic heterocycles. The minimum Gasteiger partial charge on any atom is -0.339 e. The monoisotopic (exact) mass is 383 g/mol. The molecule has 1 heterocycles. The summed E-state index contributed by atoms with van der Waals surface area (Å²) in [5.74, 6) is -0.147. The number of likely N-dealkylation sites (tertiary alicyclic amines) is 1. The van der Waals surface area contributed by atoms with Crippen molar-refractivity contribution >= 4 is 21.6 Å². The van der Waals surface area contributed by atoms with E-state index in [2.05, 4.69) is 4.72 Å². The summed E-state index contributed by atoms with van der Waals surface area (Å²) >= 11 is 0. The van der Waals surface area contributed by atoms with Crippen molar-refractivity contribution in [2.24, 2.45) is 0 Å². The van der Waals surface area contributed by atoms with Gasteiger partial charge in [-0.1, -0.05) is 31.0 Å². The highest BCUT2D eigenvalue weighted by Gasteiger charge is 2.21. The van der Waals surface area contributed by atoms with Crippen LogP contribution < -0.4 is 4.72 Å². The lowest BCUT2D eigenvalue weighted by Crippen LogP contribution is -2.32. The maximum Gasteiger partial charge on any atom is 0.261 e. The van der Waals surface area contributed by atoms with E-state index in [0.717, 1.165) is 25.7 Å². The number of amides is 1. The summed E-state index contributed by atoms with van der Waals surface area (Å²) in [4.78, 5) is 14.5. The third-order valence-electron chi connectivity index (χ3n) is 4.58. The molecular weight excluding hydrogens is 362 g/mol. The lowest BCUT2D eigenvalue weighted by Gasteiger charge is -2.20. The molecule has 0 aromatic heterocycles. The van der Waals surface area contributed by atoms with Crippen molar-refractivity contribution in [3.8, 4) is 6.07 Å². The van der Waals surface area contributed by atoms with Crippen molar-refractivity contribution in [1.29, 1.82) is 5.26 Å². The maximum atomic E-state index is 12.8. The number of hydrogen-bond acceptors (Lipinski definition) is 4. The number of nitrogens with one attached hydrogen (secondary N) is 1. The number of nitrogens with zero attached hydrogens (tertiary/aromatic N) is 2. The number of carbonyl (C=O) groups excluding carboxylic acids is 1. The molecule has 0 saturated carbocycles. The van der Waals surface area contributed by atoms with Crippen LogP contribution in [0.4, 0.5) is 5.69 Å². The first-order valence-electron chi connectivity index (χ1n) is 8.92. The van der Waals surface area contributed by atoms with E-state index in [4.69, 9.17) is 5.26 Å². The second-order valence-electron chi connectivity index (χ2n) is 6.50. The number of rotatable bonds is 4. The molecule has 0 spiro atoms. The van der Waals surface area contributed by atoms with Gasteiger partial charge in [0.05, 0.1) is 16.1 Å². The zero-order valence-corrected chi connectivity index (χ0v) is 15.7. The van der Waals surface area contributed by atoms with Gasteiger partial charge in [-0.15, -0.1) is 0 Å². The van der Waals surface area contributed by atoms with Gasteiger partial charge >= 0.3 is 0 Å². The van der Waals surface area contributed by atoms with Crippen LogP contribution in [0, 0.1) is 11.3 Å². The first-order valence-corrected chi connectivity index (χ1v) is 10.4. The quantitative estimate of drug-likeness (QED) is 0.876. The van der Waals surface area contributed by atoms with Crippen LogP contribution >= 0.6 is 0 Å². The molecule has 140 valence electrons. The van der Waals surface area contributed by atoms with Crippen molar-refractivity contribution in [2.75, 3.05) is 17.8 Å². The largest absolute Gasteiger partial charge is 0.339 e. The van der Waals surface area contributed by atoms with Gasteiger partial charge in [-0.05, 0) is 43.2 Å². The minimum absolute atomic E-state index is 0.00378. The number of para-hydroxylation sites is 1. The van der Waals surface area contributed by atoms with Crippen LogP contribution in [0.1, 0.15) is 41.6 Å². The molecule has 27 heavy (non-hydrogen) atoms. The Hall–Kier alpha value is -2.85. The van der Waals surface area contributed by atoms with Gasteiger partial charge in [0, 0.05) is 18.7 Å². The zero-order valence-electron chi connectivity index (χ0n) is 14.9. The van der Waals surface area contributed by atoms with E-state index in [1.165, 1.54) is 24.3 Å². The molecule has 1 saturated heterocycles. The molecule has 1 amide bonds. The number of benzene rings is 2. The van der Waals surface area contributed by atoms with Crippen LogP contribution in [0.15, 0.2) is 53.4 Å². The van der Waals surface area contributed by atoms with E-state index in [0.29, 0.717) is 18.7 Å². The Labute approximate surface area is 159 Å². The summed E-state index contributed by atoms with van der Waals surface area (Å²) in [5.41, 5.74) is 0.801. The highest BCUT2D eigenvalue weighted by Crippen LogP contribution is 2.21. The standard InChI is InChI=1S/C20H21N3O3S/c21-15-17-8-3-4-11-19(17)22-27(25,26)18-10-7-9-16(14-18)20(24)23-12-5-1-2-6-13-23/h3-4,7-11,14,22H,1-2,5-6,12-13H2. The van der Waals surface area contributed by atoms with Crippen LogP contribution in [-0.4, -0.2) is 32.3 Å². The van der Waals surface area contributed by atoms with Gasteiger partial charge in [-0.3, -0.25) is 9.52 Å². The fourth-order valence-electron chi connectivity index (χ4n) is 3.13. The first kappa shape index (κ1) is 18.9. The van der Waals surface area contributed by atoms with Gasteiger partial charge in [0.2, 0.25) is 0 Å². The molecule has 1 aliphatic rings. The van der Waals surface area contributed by atoms with Crippen molar-refractivity contribution in [1.82, 2.24) is 4.90 Å². The van der Waals surface area contributed by atoms with Gasteiger partial charge in [0.25, 0.3) is 15.9 Å². The van der Waals surface area contributed by atoms with Gasteiger partial charge in [0.15, 0.2) is 0 Å². The molecule has 1 fully saturated rings. The smallest absolute Gasteiger partial charge is 0.261 e. The van der Waals surface area contributed by atoms with E-state index >= 15 is 0 Å². The molecule has 6 nitrogen and oxygen atoms in total. The predicted octanol–water partition coefficient (Wildman–Crippen LogP) is 3.38. The number of anilines is 1. The second-order valence-corrected chi connectivity index (χ2v) is 8.18. The summed E-state index contributed by atoms with van der Waals surface area (Å²) in [7, 11) is -3.91. The normalized spacial score (nSPS) is 14.9. The molecule has 0 bridgehead atoms. The minimum atomic E-state index is -3.91. The molecule has 3 rings (SSSR count). The molecule has 0 radical (unpaired) electrons. The SMILES string of the molecule is N#Cc1ccccc1NS(=O)(=O)c1cccc(C(=O)N2CCCCCC2)c1. The maximum absolute atomic E-state index is 12.8. The van der Waals surface area contributed by atoms with Gasteiger partial charge in [0.1, 0.15) is 6.07 Å². The zero-order chi connectivity index (χ0) is 19.3. The molecule has 0 unspecified atom stereocenters. The van der Waals surface area contributed by atoms with E-state index < -0.39 is 10.0 Å². The van der Waals surface area contributed by atoms with Gasteiger partial charge < -0.3 is 4.90 Å². The third kappa shape index (κ3) is 4.47. The molecule has 2 aromatic carbocycles. The van der Waals surface area contributed by atoms with Crippen molar-refractivity contribution in [3.63, 3.8) is 0 Å². The topological polar surface area (TPSA) is 90.3 Å². The van der Waals surface area contributed by atoms with E-state index in [1.807, 2.05) is 6.07 Å². The van der Waals surface area contributed by atoms with Crippen LogP contribution in [0.3, 0.4) is 0 Å². The number of carbonyl (C=O) groups is 1. The molecular formula is C20H21N3O3S. The van der Waals surface area contributed by atoms with Crippen LogP contribution in [0.25, 0.3) is 0 Å². The molecule has 7 heteroatoms. The van der Waals surface area contributed by atoms with E-state index in [9.17, 15) is 13.2 Å². The molecule has 1 N–H and O–H groups in total. The van der Waals surface area contributed by atoms with E-state index in [-0.39, 0.29) is 22.1 Å². The number of nitriles is 1. The number of hydrogen-bond donors (Lipinski definition) is 1. The molecule has 0 aliphatic carbocycles. The first-order chi connectivity index (χ1) is 13.0. The number of sulfonamides is 1. The fraction of sp³-hybridized carbons (Fsp3) is 0.300. The van der Waals surface area contributed by atoms with Crippen LogP contribution in [-0.2, 0) is 10.0 Å². The van der Waals surface area contributed by atoms with Gasteiger partial charge in [-0.2, -0.15) is 5.26 Å². The lowest BCUT2D eigenvalue weighted by atomic mass is 10.2. The van der Waals surface area contributed by atoms with Gasteiger partial charge in [-0.25, -0.2) is 8.42 Å². The Morgan fingerprint density at radius 1 is 1.00 bits per heavy atom. The highest BCUT2D eigenvalue weighted by molar-refractivity contribution is 7.92. The Kier molecular flexibility index (Phi) is 5.77. The average molecular weight is 383 g/mol. The predicted molar refractivity (Wildman–Crippen MR) is 103 cm³/mol. The second kappa shape index (κ2) is 8.23. The van der Waals surface area contributed by atoms with Crippen LogP contribution in [0.2, 0.25) is 0 Å². The third-order valence-corrected chi connectivity index (χ3v) is 5.94. The summed E-state index contributed by atoms with van der Waals surface area (Å²) in [6.45, 7) is 1.40. The Bertz CT molecular complexity index is 972. The van der Waals surface area contributed by atoms with Crippen molar-refractivity contribution in [2.45, 2.75) is 30.6 Å². The summed E-state index contributed by atoms with van der Waals surface area (Å²) in [6.07, 6.45) is 4.16. The Balaban J connectivity index is 1.85. The summed E-state index contributed by atoms with van der Waals surface area (Å²) in [6, 6.07) is 14.4. The summed E-state index contributed by atoms with van der Waals surface area (Å²) < 4.78 is 27.9. The highest BCUT2D eigenvalue weighted by atomic mass is 32.2. The Morgan fingerprint density at radius 3 is 2.41 bits per heavy atom. The molecule has 2 aromatic rings.